The zero-order valence-electron chi connectivity index (χ0n) is 12.2. The van der Waals surface area contributed by atoms with Gasteiger partial charge in [0.2, 0.25) is 5.91 Å². The topological polar surface area (TPSA) is 55.1 Å². The average molecular weight is 278 g/mol. The molecule has 1 aliphatic rings. The van der Waals surface area contributed by atoms with Gasteiger partial charge in [-0.2, -0.15) is 0 Å². The highest BCUT2D eigenvalue weighted by atomic mass is 19.1. The number of rotatable bonds is 4. The molecule has 20 heavy (non-hydrogen) atoms. The molecule has 0 bridgehead atoms. The summed E-state index contributed by atoms with van der Waals surface area (Å²) < 4.78 is 13.4. The van der Waals surface area contributed by atoms with Crippen molar-refractivity contribution in [3.05, 3.63) is 29.1 Å². The summed E-state index contributed by atoms with van der Waals surface area (Å²) in [6.45, 7) is 4.04. The van der Waals surface area contributed by atoms with Crippen molar-refractivity contribution < 1.29 is 9.18 Å². The second-order valence-electron chi connectivity index (χ2n) is 5.78. The Morgan fingerprint density at radius 2 is 2.25 bits per heavy atom. The second-order valence-corrected chi connectivity index (χ2v) is 5.78. The van der Waals surface area contributed by atoms with Gasteiger partial charge < -0.3 is 11.1 Å². The Hall–Kier alpha value is -1.58. The van der Waals surface area contributed by atoms with Crippen molar-refractivity contribution in [3.8, 4) is 0 Å². The average Bonchev–Trinajstić information content (AvgIpc) is 2.40. The van der Waals surface area contributed by atoms with E-state index in [2.05, 4.69) is 12.2 Å². The Kier molecular flexibility index (Phi) is 4.63. The van der Waals surface area contributed by atoms with Gasteiger partial charge in [0.1, 0.15) is 5.82 Å². The summed E-state index contributed by atoms with van der Waals surface area (Å²) in [5, 5.41) is 3.10. The number of aryl methyl sites for hydroxylation is 1. The SMILES string of the molecule is CCCC(C)C(=O)NC1CCc2cc(F)c(N)cc2C1. The molecule has 1 aromatic rings. The second kappa shape index (κ2) is 6.25. The number of halogens is 1. The molecule has 0 spiro atoms. The fourth-order valence-corrected chi connectivity index (χ4v) is 2.83. The van der Waals surface area contributed by atoms with E-state index in [9.17, 15) is 9.18 Å². The monoisotopic (exact) mass is 278 g/mol. The zero-order chi connectivity index (χ0) is 14.7. The first kappa shape index (κ1) is 14.8. The fourth-order valence-electron chi connectivity index (χ4n) is 2.83. The van der Waals surface area contributed by atoms with Crippen LogP contribution in [0.1, 0.15) is 44.2 Å². The van der Waals surface area contributed by atoms with E-state index in [-0.39, 0.29) is 29.4 Å². The van der Waals surface area contributed by atoms with Gasteiger partial charge in [-0.1, -0.05) is 20.3 Å². The zero-order valence-corrected chi connectivity index (χ0v) is 12.2. The molecule has 110 valence electrons. The molecule has 1 amide bonds. The van der Waals surface area contributed by atoms with Gasteiger partial charge in [0, 0.05) is 12.0 Å². The van der Waals surface area contributed by atoms with Crippen LogP contribution in [0.4, 0.5) is 10.1 Å². The maximum atomic E-state index is 13.4. The highest BCUT2D eigenvalue weighted by molar-refractivity contribution is 5.78. The highest BCUT2D eigenvalue weighted by Crippen LogP contribution is 2.26. The summed E-state index contributed by atoms with van der Waals surface area (Å²) in [6.07, 6.45) is 4.32. The molecule has 4 heteroatoms. The molecular formula is C16H23FN2O. The van der Waals surface area contributed by atoms with Gasteiger partial charge >= 0.3 is 0 Å². The van der Waals surface area contributed by atoms with Crippen LogP contribution in [-0.4, -0.2) is 11.9 Å². The van der Waals surface area contributed by atoms with Crippen LogP contribution in [0.3, 0.4) is 0 Å². The van der Waals surface area contributed by atoms with Crippen molar-refractivity contribution >= 4 is 11.6 Å². The number of nitrogens with one attached hydrogen (secondary N) is 1. The molecule has 0 saturated carbocycles. The molecule has 2 unspecified atom stereocenters. The summed E-state index contributed by atoms with van der Waals surface area (Å²) >= 11 is 0. The lowest BCUT2D eigenvalue weighted by molar-refractivity contribution is -0.125. The van der Waals surface area contributed by atoms with Crippen LogP contribution < -0.4 is 11.1 Å². The van der Waals surface area contributed by atoms with E-state index in [0.717, 1.165) is 43.2 Å². The number of carbonyl (C=O) groups excluding carboxylic acids is 1. The van der Waals surface area contributed by atoms with Crippen LogP contribution in [0.2, 0.25) is 0 Å². The largest absolute Gasteiger partial charge is 0.396 e. The number of amides is 1. The lowest BCUT2D eigenvalue weighted by atomic mass is 9.87. The van der Waals surface area contributed by atoms with Crippen molar-refractivity contribution in [2.45, 2.75) is 52.0 Å². The maximum absolute atomic E-state index is 13.4. The third-order valence-electron chi connectivity index (χ3n) is 4.06. The van der Waals surface area contributed by atoms with Crippen LogP contribution in [0.15, 0.2) is 12.1 Å². The minimum Gasteiger partial charge on any atom is -0.396 e. The summed E-state index contributed by atoms with van der Waals surface area (Å²) in [5.41, 5.74) is 7.88. The first-order valence-electron chi connectivity index (χ1n) is 7.38. The van der Waals surface area contributed by atoms with Gasteiger partial charge in [-0.05, 0) is 48.9 Å². The van der Waals surface area contributed by atoms with E-state index >= 15 is 0 Å². The van der Waals surface area contributed by atoms with Gasteiger partial charge in [-0.3, -0.25) is 4.79 Å². The number of benzene rings is 1. The van der Waals surface area contributed by atoms with Gasteiger partial charge in [0.15, 0.2) is 0 Å². The quantitative estimate of drug-likeness (QED) is 0.832. The van der Waals surface area contributed by atoms with Crippen LogP contribution in [0, 0.1) is 11.7 Å². The molecule has 2 rings (SSSR count). The fraction of sp³-hybridized carbons (Fsp3) is 0.562. The standard InChI is InChI=1S/C16H23FN2O/c1-3-4-10(2)16(20)19-13-6-5-11-8-14(17)15(18)9-12(11)7-13/h8-10,13H,3-7,18H2,1-2H3,(H,19,20). The summed E-state index contributed by atoms with van der Waals surface area (Å²) in [4.78, 5) is 12.0. The number of carbonyl (C=O) groups is 1. The molecule has 2 atom stereocenters. The number of nitrogens with two attached hydrogens (primary N) is 1. The number of hydrogen-bond acceptors (Lipinski definition) is 2. The molecule has 0 saturated heterocycles. The molecule has 0 aliphatic heterocycles. The van der Waals surface area contributed by atoms with Crippen molar-refractivity contribution in [3.63, 3.8) is 0 Å². The van der Waals surface area contributed by atoms with E-state index in [1.807, 2.05) is 6.92 Å². The molecule has 1 aliphatic carbocycles. The van der Waals surface area contributed by atoms with Gasteiger partial charge in [-0.25, -0.2) is 4.39 Å². The third-order valence-corrected chi connectivity index (χ3v) is 4.06. The van der Waals surface area contributed by atoms with Crippen LogP contribution in [0.5, 0.6) is 0 Å². The van der Waals surface area contributed by atoms with Crippen molar-refractivity contribution in [1.82, 2.24) is 5.32 Å². The molecule has 3 N–H and O–H groups in total. The van der Waals surface area contributed by atoms with Gasteiger partial charge in [0.05, 0.1) is 5.69 Å². The highest BCUT2D eigenvalue weighted by Gasteiger charge is 2.23. The van der Waals surface area contributed by atoms with Crippen molar-refractivity contribution in [2.75, 3.05) is 5.73 Å². The molecule has 0 aromatic heterocycles. The van der Waals surface area contributed by atoms with Gasteiger partial charge in [-0.15, -0.1) is 0 Å². The van der Waals surface area contributed by atoms with Gasteiger partial charge in [0.25, 0.3) is 0 Å². The summed E-state index contributed by atoms with van der Waals surface area (Å²) in [6, 6.07) is 3.38. The summed E-state index contributed by atoms with van der Waals surface area (Å²) in [7, 11) is 0. The molecule has 1 aromatic carbocycles. The molecule has 0 fully saturated rings. The Morgan fingerprint density at radius 1 is 1.50 bits per heavy atom. The first-order chi connectivity index (χ1) is 9.51. The summed E-state index contributed by atoms with van der Waals surface area (Å²) in [5.74, 6) is -0.169. The maximum Gasteiger partial charge on any atom is 0.223 e. The van der Waals surface area contributed by atoms with E-state index in [4.69, 9.17) is 5.73 Å². The Morgan fingerprint density at radius 3 is 2.95 bits per heavy atom. The number of hydrogen-bond donors (Lipinski definition) is 2. The lowest BCUT2D eigenvalue weighted by Crippen LogP contribution is -2.41. The number of fused-ring (bicyclic) bond motifs is 1. The van der Waals surface area contributed by atoms with Crippen LogP contribution in [0.25, 0.3) is 0 Å². The van der Waals surface area contributed by atoms with Crippen LogP contribution >= 0.6 is 0 Å². The molecule has 3 nitrogen and oxygen atoms in total. The predicted octanol–water partition coefficient (Wildman–Crippen LogP) is 2.82. The van der Waals surface area contributed by atoms with Crippen molar-refractivity contribution in [1.29, 1.82) is 0 Å². The van der Waals surface area contributed by atoms with E-state index in [1.54, 1.807) is 6.07 Å². The first-order valence-corrected chi connectivity index (χ1v) is 7.38. The van der Waals surface area contributed by atoms with Crippen LogP contribution in [-0.2, 0) is 17.6 Å². The smallest absolute Gasteiger partial charge is 0.223 e. The normalized spacial score (nSPS) is 19.2. The molecular weight excluding hydrogens is 255 g/mol. The molecule has 0 radical (unpaired) electrons. The number of nitrogen functional groups attached to an aromatic ring is 1. The van der Waals surface area contributed by atoms with E-state index in [0.29, 0.717) is 0 Å². The Balaban J connectivity index is 2.01. The Labute approximate surface area is 119 Å². The minimum atomic E-state index is -0.345. The third kappa shape index (κ3) is 3.30. The van der Waals surface area contributed by atoms with E-state index < -0.39 is 0 Å². The lowest BCUT2D eigenvalue weighted by Gasteiger charge is -2.27. The predicted molar refractivity (Wildman–Crippen MR) is 78.8 cm³/mol. The van der Waals surface area contributed by atoms with E-state index in [1.165, 1.54) is 6.07 Å². The Bertz CT molecular complexity index is 501. The minimum absolute atomic E-state index is 0.0553. The van der Waals surface area contributed by atoms with Crippen molar-refractivity contribution in [2.24, 2.45) is 5.92 Å². The molecule has 0 heterocycles. The number of anilines is 1.